The van der Waals surface area contributed by atoms with Gasteiger partial charge in [0, 0.05) is 30.4 Å². The molecule has 0 bridgehead atoms. The van der Waals surface area contributed by atoms with Gasteiger partial charge in [0.25, 0.3) is 0 Å². The maximum Gasteiger partial charge on any atom is 0.435 e. The fraction of sp³-hybridized carbons (Fsp3) is 0.308. The van der Waals surface area contributed by atoms with Crippen molar-refractivity contribution in [2.24, 2.45) is 0 Å². The highest BCUT2D eigenvalue weighted by molar-refractivity contribution is 5.89. The molecule has 0 unspecified atom stereocenters. The lowest BCUT2D eigenvalue weighted by atomic mass is 10.1. The first kappa shape index (κ1) is 14.4. The number of amides is 2. The van der Waals surface area contributed by atoms with Crippen LogP contribution in [0.1, 0.15) is 17.0 Å². The minimum Gasteiger partial charge on any atom is -0.320 e. The van der Waals surface area contributed by atoms with Crippen LogP contribution in [0.5, 0.6) is 0 Å². The van der Waals surface area contributed by atoms with Crippen molar-refractivity contribution in [1.82, 2.24) is 20.1 Å². The summed E-state index contributed by atoms with van der Waals surface area (Å²) in [4.78, 5) is 17.3. The number of fused-ring (bicyclic) bond motifs is 1. The molecule has 2 N–H and O–H groups in total. The molecule has 2 aromatic heterocycles. The predicted molar refractivity (Wildman–Crippen MR) is 71.0 cm³/mol. The molecule has 0 fully saturated rings. The lowest BCUT2D eigenvalue weighted by Gasteiger charge is -2.27. The number of anilines is 1. The van der Waals surface area contributed by atoms with Crippen LogP contribution in [-0.2, 0) is 19.1 Å². The zero-order chi connectivity index (χ0) is 15.7. The van der Waals surface area contributed by atoms with Gasteiger partial charge < -0.3 is 10.2 Å². The van der Waals surface area contributed by atoms with Crippen molar-refractivity contribution in [3.63, 3.8) is 0 Å². The number of rotatable bonds is 1. The van der Waals surface area contributed by atoms with Crippen LogP contribution in [0.2, 0.25) is 0 Å². The van der Waals surface area contributed by atoms with Crippen molar-refractivity contribution < 1.29 is 18.0 Å². The van der Waals surface area contributed by atoms with Gasteiger partial charge in [-0.25, -0.2) is 4.79 Å². The topological polar surface area (TPSA) is 73.9 Å². The maximum atomic E-state index is 12.9. The van der Waals surface area contributed by atoms with Gasteiger partial charge in [-0.15, -0.1) is 0 Å². The minimum absolute atomic E-state index is 0.0279. The van der Waals surface area contributed by atoms with Gasteiger partial charge in [0.1, 0.15) is 0 Å². The Morgan fingerprint density at radius 3 is 2.91 bits per heavy atom. The van der Waals surface area contributed by atoms with E-state index in [1.54, 1.807) is 18.3 Å². The number of nitrogens with zero attached hydrogens (tertiary/aromatic N) is 3. The van der Waals surface area contributed by atoms with E-state index in [0.717, 1.165) is 0 Å². The molecule has 116 valence electrons. The highest BCUT2D eigenvalue weighted by atomic mass is 19.4. The molecule has 0 spiro atoms. The van der Waals surface area contributed by atoms with E-state index in [1.807, 2.05) is 0 Å². The molecule has 1 aliphatic rings. The summed E-state index contributed by atoms with van der Waals surface area (Å²) in [5.74, 6) is 0. The molecule has 9 heteroatoms. The Morgan fingerprint density at radius 1 is 1.41 bits per heavy atom. The molecule has 0 aromatic carbocycles. The molecule has 0 atom stereocenters. The van der Waals surface area contributed by atoms with Crippen molar-refractivity contribution >= 4 is 11.7 Å². The van der Waals surface area contributed by atoms with Crippen LogP contribution in [-0.4, -0.2) is 32.7 Å². The van der Waals surface area contributed by atoms with Gasteiger partial charge in [-0.2, -0.15) is 18.3 Å². The van der Waals surface area contributed by atoms with E-state index >= 15 is 0 Å². The van der Waals surface area contributed by atoms with Gasteiger partial charge in [-0.05, 0) is 12.1 Å². The molecule has 22 heavy (non-hydrogen) atoms. The number of aromatic nitrogens is 3. The van der Waals surface area contributed by atoms with Crippen LogP contribution >= 0.6 is 0 Å². The molecule has 2 amide bonds. The fourth-order valence-corrected chi connectivity index (χ4v) is 2.34. The normalized spacial score (nSPS) is 14.6. The lowest BCUT2D eigenvalue weighted by Crippen LogP contribution is -2.39. The SMILES string of the molecule is O=C(Nc1cccnc1)N1CCc2[nH]nc(C(F)(F)F)c2C1. The molecule has 6 nitrogen and oxygen atoms in total. The number of carbonyl (C=O) groups is 1. The average Bonchev–Trinajstić information content (AvgIpc) is 2.91. The molecule has 3 rings (SSSR count). The standard InChI is InChI=1S/C13H12F3N5O/c14-13(15,16)11-9-7-21(5-3-10(9)19-20-11)12(22)18-8-2-1-4-17-6-8/h1-2,4,6H,3,5,7H2,(H,18,22)(H,19,20). The Hall–Kier alpha value is -2.58. The second-order valence-electron chi connectivity index (χ2n) is 4.87. The zero-order valence-corrected chi connectivity index (χ0v) is 11.3. The van der Waals surface area contributed by atoms with Crippen molar-refractivity contribution in [2.75, 3.05) is 11.9 Å². The van der Waals surface area contributed by atoms with E-state index in [9.17, 15) is 18.0 Å². The molecule has 0 aliphatic carbocycles. The third-order valence-electron chi connectivity index (χ3n) is 3.40. The smallest absolute Gasteiger partial charge is 0.320 e. The van der Waals surface area contributed by atoms with Crippen LogP contribution in [0.3, 0.4) is 0 Å². The number of H-pyrrole nitrogens is 1. The van der Waals surface area contributed by atoms with Crippen molar-refractivity contribution in [3.05, 3.63) is 41.5 Å². The summed E-state index contributed by atoms with van der Waals surface area (Å²) >= 11 is 0. The molecule has 0 saturated heterocycles. The summed E-state index contributed by atoms with van der Waals surface area (Å²) in [5, 5.41) is 8.34. The highest BCUT2D eigenvalue weighted by Crippen LogP contribution is 2.33. The number of hydrogen-bond donors (Lipinski definition) is 2. The van der Waals surface area contributed by atoms with E-state index in [2.05, 4.69) is 20.5 Å². The second kappa shape index (κ2) is 5.32. The van der Waals surface area contributed by atoms with Crippen LogP contribution in [0.15, 0.2) is 24.5 Å². The molecule has 1 aliphatic heterocycles. The highest BCUT2D eigenvalue weighted by Gasteiger charge is 2.39. The summed E-state index contributed by atoms with van der Waals surface area (Å²) in [6.45, 7) is 0.186. The van der Waals surface area contributed by atoms with Gasteiger partial charge in [0.2, 0.25) is 0 Å². The van der Waals surface area contributed by atoms with Gasteiger partial charge in [-0.3, -0.25) is 10.1 Å². The van der Waals surface area contributed by atoms with Crippen LogP contribution < -0.4 is 5.32 Å². The number of urea groups is 1. The lowest BCUT2D eigenvalue weighted by molar-refractivity contribution is -0.142. The molecule has 0 saturated carbocycles. The number of alkyl halides is 3. The van der Waals surface area contributed by atoms with Crippen molar-refractivity contribution in [1.29, 1.82) is 0 Å². The Kier molecular flexibility index (Phi) is 3.47. The van der Waals surface area contributed by atoms with Crippen LogP contribution in [0.25, 0.3) is 0 Å². The molecule has 0 radical (unpaired) electrons. The van der Waals surface area contributed by atoms with Crippen molar-refractivity contribution in [3.8, 4) is 0 Å². The Bertz CT molecular complexity index is 683. The average molecular weight is 311 g/mol. The first-order chi connectivity index (χ1) is 10.4. The molecule has 2 aromatic rings. The van der Waals surface area contributed by atoms with Gasteiger partial charge >= 0.3 is 12.2 Å². The number of halogens is 3. The third kappa shape index (κ3) is 2.74. The number of pyridine rings is 1. The number of hydrogen-bond acceptors (Lipinski definition) is 3. The van der Waals surface area contributed by atoms with E-state index in [-0.39, 0.29) is 12.1 Å². The molecular weight excluding hydrogens is 299 g/mol. The first-order valence-corrected chi connectivity index (χ1v) is 6.54. The molecule has 3 heterocycles. The Balaban J connectivity index is 1.76. The first-order valence-electron chi connectivity index (χ1n) is 6.54. The fourth-order valence-electron chi connectivity index (χ4n) is 2.34. The van der Waals surface area contributed by atoms with E-state index in [4.69, 9.17) is 0 Å². The number of nitrogens with one attached hydrogen (secondary N) is 2. The maximum absolute atomic E-state index is 12.9. The summed E-state index contributed by atoms with van der Waals surface area (Å²) in [5.41, 5.74) is -0.0132. The van der Waals surface area contributed by atoms with Crippen LogP contribution in [0, 0.1) is 0 Å². The second-order valence-corrected chi connectivity index (χ2v) is 4.87. The van der Waals surface area contributed by atoms with E-state index in [0.29, 0.717) is 24.3 Å². The summed E-state index contributed by atoms with van der Waals surface area (Å²) in [7, 11) is 0. The largest absolute Gasteiger partial charge is 0.435 e. The van der Waals surface area contributed by atoms with Crippen LogP contribution in [0.4, 0.5) is 23.7 Å². The van der Waals surface area contributed by atoms with E-state index in [1.165, 1.54) is 11.1 Å². The quantitative estimate of drug-likeness (QED) is 0.849. The zero-order valence-electron chi connectivity index (χ0n) is 11.3. The number of carbonyl (C=O) groups excluding carboxylic acids is 1. The summed E-state index contributed by atoms with van der Waals surface area (Å²) < 4.78 is 38.6. The van der Waals surface area contributed by atoms with E-state index < -0.39 is 17.9 Å². The molecular formula is C13H12F3N5O. The Labute approximate surface area is 123 Å². The summed E-state index contributed by atoms with van der Waals surface area (Å²) in [6.07, 6.45) is -1.21. The van der Waals surface area contributed by atoms with Gasteiger partial charge in [0.15, 0.2) is 5.69 Å². The third-order valence-corrected chi connectivity index (χ3v) is 3.40. The number of aromatic amines is 1. The monoisotopic (exact) mass is 311 g/mol. The Morgan fingerprint density at radius 2 is 2.23 bits per heavy atom. The van der Waals surface area contributed by atoms with Gasteiger partial charge in [-0.1, -0.05) is 0 Å². The summed E-state index contributed by atoms with van der Waals surface area (Å²) in [6, 6.07) is 2.84. The predicted octanol–water partition coefficient (Wildman–Crippen LogP) is 2.41. The van der Waals surface area contributed by atoms with Gasteiger partial charge in [0.05, 0.1) is 18.4 Å². The van der Waals surface area contributed by atoms with Crippen molar-refractivity contribution in [2.45, 2.75) is 19.1 Å². The minimum atomic E-state index is -4.53.